The molecule has 0 N–H and O–H groups in total. The Labute approximate surface area is 77.9 Å². The lowest BCUT2D eigenvalue weighted by atomic mass is 10.3. The summed E-state index contributed by atoms with van der Waals surface area (Å²) >= 11 is 0. The molecular formula is C8H9BN2O2. The summed E-state index contributed by atoms with van der Waals surface area (Å²) in [5.74, 6) is -0.333. The fraction of sp³-hybridized carbons (Fsp3) is 0.250. The van der Waals surface area contributed by atoms with Gasteiger partial charge in [0.2, 0.25) is 7.98 Å². The van der Waals surface area contributed by atoms with Crippen LogP contribution in [0.25, 0.3) is 0 Å². The summed E-state index contributed by atoms with van der Waals surface area (Å²) in [5, 5.41) is 0. The highest BCUT2D eigenvalue weighted by atomic mass is 16.2. The van der Waals surface area contributed by atoms with E-state index >= 15 is 0 Å². The molecule has 2 radical (unpaired) electrons. The van der Waals surface area contributed by atoms with Crippen molar-refractivity contribution in [3.8, 4) is 0 Å². The molecule has 3 amide bonds. The quantitative estimate of drug-likeness (QED) is 0.347. The molecule has 0 aromatic carbocycles. The maximum atomic E-state index is 11.3. The third-order valence-corrected chi connectivity index (χ3v) is 1.76. The fourth-order valence-electron chi connectivity index (χ4n) is 1.11. The molecule has 1 aliphatic rings. The average molecular weight is 176 g/mol. The first-order chi connectivity index (χ1) is 6.11. The molecule has 0 aromatic rings. The average Bonchev–Trinajstić information content (AvgIpc) is 2.34. The number of rotatable bonds is 2. The lowest BCUT2D eigenvalue weighted by molar-refractivity contribution is -0.123. The van der Waals surface area contributed by atoms with Crippen LogP contribution in [0.4, 0.5) is 4.79 Å². The first-order valence-corrected chi connectivity index (χ1v) is 3.79. The summed E-state index contributed by atoms with van der Waals surface area (Å²) in [6.07, 6.45) is 3.07. The van der Waals surface area contributed by atoms with Crippen molar-refractivity contribution in [2.24, 2.45) is 0 Å². The fourth-order valence-corrected chi connectivity index (χ4v) is 1.11. The van der Waals surface area contributed by atoms with Crippen LogP contribution in [-0.4, -0.2) is 36.2 Å². The van der Waals surface area contributed by atoms with Gasteiger partial charge in [-0.2, -0.15) is 0 Å². The maximum Gasteiger partial charge on any atom is 0.318 e. The summed E-state index contributed by atoms with van der Waals surface area (Å²) in [4.78, 5) is 24.4. The van der Waals surface area contributed by atoms with Crippen LogP contribution in [0.3, 0.4) is 0 Å². The number of allylic oxidation sites excluding steroid dienone is 2. The van der Waals surface area contributed by atoms with Crippen LogP contribution in [0.1, 0.15) is 6.92 Å². The minimum atomic E-state index is -0.516. The molecule has 4 nitrogen and oxygen atoms in total. The second-order valence-electron chi connectivity index (χ2n) is 2.56. The zero-order chi connectivity index (χ0) is 10.0. The van der Waals surface area contributed by atoms with Crippen molar-refractivity contribution < 1.29 is 9.59 Å². The molecule has 13 heavy (non-hydrogen) atoms. The van der Waals surface area contributed by atoms with Gasteiger partial charge in [0.1, 0.15) is 0 Å². The van der Waals surface area contributed by atoms with E-state index in [1.807, 2.05) is 0 Å². The summed E-state index contributed by atoms with van der Waals surface area (Å²) in [7, 11) is 5.27. The lowest BCUT2D eigenvalue weighted by Gasteiger charge is -2.14. The van der Waals surface area contributed by atoms with Crippen LogP contribution in [0, 0.1) is 0 Å². The van der Waals surface area contributed by atoms with Crippen molar-refractivity contribution >= 4 is 19.9 Å². The zero-order valence-corrected chi connectivity index (χ0v) is 7.36. The van der Waals surface area contributed by atoms with Gasteiger partial charge in [-0.1, -0.05) is 12.7 Å². The zero-order valence-electron chi connectivity index (χ0n) is 7.36. The molecule has 1 heterocycles. The van der Waals surface area contributed by atoms with Gasteiger partial charge in [-0.3, -0.25) is 4.79 Å². The number of carbonyl (C=O) groups excluding carboxylic acids is 2. The van der Waals surface area contributed by atoms with E-state index in [0.29, 0.717) is 5.70 Å². The standard InChI is InChI=1S/C8H9BN2O2/c1-3-6(4-2)11-7(12)5-10(9)8(11)13/h3-4H,1,5H2,2H3/b6-4+. The molecule has 1 aliphatic heterocycles. The Hall–Kier alpha value is -1.52. The summed E-state index contributed by atoms with van der Waals surface area (Å²) in [6.45, 7) is 5.14. The van der Waals surface area contributed by atoms with E-state index in [9.17, 15) is 9.59 Å². The van der Waals surface area contributed by atoms with Crippen LogP contribution < -0.4 is 0 Å². The molecule has 1 fully saturated rings. The van der Waals surface area contributed by atoms with Gasteiger partial charge in [-0.15, -0.1) is 0 Å². The van der Waals surface area contributed by atoms with Gasteiger partial charge < -0.3 is 4.81 Å². The van der Waals surface area contributed by atoms with E-state index in [4.69, 9.17) is 7.98 Å². The largest absolute Gasteiger partial charge is 0.370 e. The predicted molar refractivity (Wildman–Crippen MR) is 48.7 cm³/mol. The van der Waals surface area contributed by atoms with Gasteiger partial charge in [0.05, 0.1) is 6.54 Å². The van der Waals surface area contributed by atoms with E-state index in [1.165, 1.54) is 6.08 Å². The number of hydrogen-bond acceptors (Lipinski definition) is 2. The second kappa shape index (κ2) is 3.47. The Morgan fingerprint density at radius 1 is 1.62 bits per heavy atom. The number of imide groups is 1. The highest BCUT2D eigenvalue weighted by Crippen LogP contribution is 2.15. The van der Waals surface area contributed by atoms with E-state index in [-0.39, 0.29) is 12.5 Å². The summed E-state index contributed by atoms with van der Waals surface area (Å²) in [6, 6.07) is -0.516. The number of hydrogen-bond donors (Lipinski definition) is 0. The molecule has 66 valence electrons. The first kappa shape index (κ1) is 9.57. The molecule has 0 atom stereocenters. The maximum absolute atomic E-state index is 11.3. The molecular weight excluding hydrogens is 167 g/mol. The Balaban J connectivity index is 2.98. The Bertz CT molecular complexity index is 299. The SMILES string of the molecule is [B]N1CC(=O)N(/C(C=C)=C/C)C1=O. The van der Waals surface area contributed by atoms with Crippen LogP contribution in [0.15, 0.2) is 24.4 Å². The van der Waals surface area contributed by atoms with Crippen LogP contribution in [-0.2, 0) is 4.79 Å². The lowest BCUT2D eigenvalue weighted by Crippen LogP contribution is -2.30. The van der Waals surface area contributed by atoms with E-state index in [2.05, 4.69) is 6.58 Å². The van der Waals surface area contributed by atoms with Crippen LogP contribution in [0.2, 0.25) is 0 Å². The summed E-state index contributed by atoms with van der Waals surface area (Å²) in [5.41, 5.74) is 0.461. The minimum absolute atomic E-state index is 0.0794. The van der Waals surface area contributed by atoms with E-state index in [0.717, 1.165) is 9.71 Å². The van der Waals surface area contributed by atoms with E-state index in [1.54, 1.807) is 13.0 Å². The third-order valence-electron chi connectivity index (χ3n) is 1.76. The first-order valence-electron chi connectivity index (χ1n) is 3.79. The Morgan fingerprint density at radius 3 is 2.54 bits per heavy atom. The second-order valence-corrected chi connectivity index (χ2v) is 2.56. The van der Waals surface area contributed by atoms with Crippen molar-refractivity contribution in [2.75, 3.05) is 6.54 Å². The van der Waals surface area contributed by atoms with Gasteiger partial charge in [-0.05, 0) is 13.0 Å². The van der Waals surface area contributed by atoms with Crippen molar-refractivity contribution in [3.63, 3.8) is 0 Å². The molecule has 0 aliphatic carbocycles. The van der Waals surface area contributed by atoms with Gasteiger partial charge >= 0.3 is 6.03 Å². The number of urea groups is 1. The van der Waals surface area contributed by atoms with E-state index < -0.39 is 6.03 Å². The Morgan fingerprint density at radius 2 is 2.23 bits per heavy atom. The van der Waals surface area contributed by atoms with Gasteiger partial charge in [0, 0.05) is 5.70 Å². The highest BCUT2D eigenvalue weighted by Gasteiger charge is 2.34. The Kier molecular flexibility index (Phi) is 2.56. The van der Waals surface area contributed by atoms with Crippen molar-refractivity contribution in [1.82, 2.24) is 9.71 Å². The number of nitrogens with zero attached hydrogens (tertiary/aromatic N) is 2. The highest BCUT2D eigenvalue weighted by molar-refractivity contribution is 6.21. The monoisotopic (exact) mass is 176 g/mol. The minimum Gasteiger partial charge on any atom is -0.370 e. The normalized spacial score (nSPS) is 18.4. The molecule has 0 spiro atoms. The number of amides is 3. The summed E-state index contributed by atoms with van der Waals surface area (Å²) < 4.78 is 0. The van der Waals surface area contributed by atoms with Gasteiger partial charge in [0.15, 0.2) is 0 Å². The van der Waals surface area contributed by atoms with Crippen molar-refractivity contribution in [3.05, 3.63) is 24.4 Å². The number of carbonyl (C=O) groups is 2. The van der Waals surface area contributed by atoms with Crippen LogP contribution >= 0.6 is 0 Å². The molecule has 1 saturated heterocycles. The molecule has 5 heteroatoms. The van der Waals surface area contributed by atoms with Gasteiger partial charge in [-0.25, -0.2) is 9.69 Å². The smallest absolute Gasteiger partial charge is 0.318 e. The third kappa shape index (κ3) is 1.49. The van der Waals surface area contributed by atoms with Crippen molar-refractivity contribution in [2.45, 2.75) is 6.92 Å². The van der Waals surface area contributed by atoms with Crippen molar-refractivity contribution in [1.29, 1.82) is 0 Å². The van der Waals surface area contributed by atoms with Crippen LogP contribution in [0.5, 0.6) is 0 Å². The van der Waals surface area contributed by atoms with Gasteiger partial charge in [0.25, 0.3) is 5.91 Å². The molecule has 0 unspecified atom stereocenters. The molecule has 1 rings (SSSR count). The topological polar surface area (TPSA) is 40.6 Å². The molecule has 0 aromatic heterocycles. The molecule has 0 bridgehead atoms. The predicted octanol–water partition coefficient (Wildman–Crippen LogP) is 0.424. The molecule has 0 saturated carbocycles.